The van der Waals surface area contributed by atoms with Crippen LogP contribution in [-0.2, 0) is 0 Å². The molecule has 0 bridgehead atoms. The summed E-state index contributed by atoms with van der Waals surface area (Å²) in [4.78, 5) is 16.5. The molecular weight excluding hydrogens is 338 g/mol. The van der Waals surface area contributed by atoms with Crippen LogP contribution in [0, 0.1) is 0 Å². The zero-order chi connectivity index (χ0) is 17.6. The molecule has 6 heteroatoms. The van der Waals surface area contributed by atoms with E-state index >= 15 is 0 Å². The number of halogens is 1. The molecule has 126 valence electrons. The largest absolute Gasteiger partial charge is 0.497 e. The summed E-state index contributed by atoms with van der Waals surface area (Å²) in [5.74, 6) is 0.426. The van der Waals surface area contributed by atoms with Crippen molar-refractivity contribution in [1.82, 2.24) is 4.98 Å². The van der Waals surface area contributed by atoms with Crippen LogP contribution in [0.5, 0.6) is 5.75 Å². The second-order valence-corrected chi connectivity index (χ2v) is 5.72. The topological polar surface area (TPSA) is 63.2 Å². The zero-order valence-electron chi connectivity index (χ0n) is 13.5. The van der Waals surface area contributed by atoms with Gasteiger partial charge in [0.1, 0.15) is 5.75 Å². The molecule has 0 atom stereocenters. The van der Waals surface area contributed by atoms with Crippen LogP contribution in [0.25, 0.3) is 0 Å². The Morgan fingerprint density at radius 2 is 1.80 bits per heavy atom. The van der Waals surface area contributed by atoms with Crippen molar-refractivity contribution in [3.63, 3.8) is 0 Å². The minimum Gasteiger partial charge on any atom is -0.497 e. The summed E-state index contributed by atoms with van der Waals surface area (Å²) in [6.45, 7) is 0. The van der Waals surface area contributed by atoms with Gasteiger partial charge in [-0.05, 0) is 42.5 Å². The lowest BCUT2D eigenvalue weighted by atomic mass is 10.2. The second kappa shape index (κ2) is 7.68. The fourth-order valence-corrected chi connectivity index (χ4v) is 2.36. The molecule has 1 heterocycles. The maximum absolute atomic E-state index is 12.4. The van der Waals surface area contributed by atoms with Gasteiger partial charge in [0.05, 0.1) is 24.6 Å². The minimum absolute atomic E-state index is 0.250. The number of hydrogen-bond donors (Lipinski definition) is 2. The van der Waals surface area contributed by atoms with E-state index in [1.54, 1.807) is 43.6 Å². The third-order valence-electron chi connectivity index (χ3n) is 3.46. The number of aromatic nitrogens is 1. The van der Waals surface area contributed by atoms with Crippen LogP contribution in [0.15, 0.2) is 67.0 Å². The van der Waals surface area contributed by atoms with Gasteiger partial charge in [-0.15, -0.1) is 0 Å². The number of rotatable bonds is 5. The summed E-state index contributed by atoms with van der Waals surface area (Å²) < 4.78 is 5.15. The minimum atomic E-state index is -0.250. The Morgan fingerprint density at radius 1 is 1.00 bits per heavy atom. The lowest BCUT2D eigenvalue weighted by Gasteiger charge is -2.09. The first-order chi connectivity index (χ1) is 12.1. The van der Waals surface area contributed by atoms with Gasteiger partial charge in [0.15, 0.2) is 0 Å². The maximum atomic E-state index is 12.4. The highest BCUT2D eigenvalue weighted by atomic mass is 35.5. The van der Waals surface area contributed by atoms with Crippen molar-refractivity contribution in [2.24, 2.45) is 0 Å². The lowest BCUT2D eigenvalue weighted by Crippen LogP contribution is -2.12. The van der Waals surface area contributed by atoms with E-state index < -0.39 is 0 Å². The summed E-state index contributed by atoms with van der Waals surface area (Å²) >= 11 is 5.88. The highest BCUT2D eigenvalue weighted by Gasteiger charge is 2.08. The van der Waals surface area contributed by atoms with Crippen molar-refractivity contribution in [2.45, 2.75) is 0 Å². The summed E-state index contributed by atoms with van der Waals surface area (Å²) in [5.41, 5.74) is 2.67. The molecule has 2 N–H and O–H groups in total. The predicted molar refractivity (Wildman–Crippen MR) is 99.9 cm³/mol. The third kappa shape index (κ3) is 4.49. The van der Waals surface area contributed by atoms with E-state index in [1.165, 1.54) is 6.20 Å². The van der Waals surface area contributed by atoms with Crippen LogP contribution in [0.4, 0.5) is 17.1 Å². The van der Waals surface area contributed by atoms with Crippen molar-refractivity contribution >= 4 is 34.6 Å². The van der Waals surface area contributed by atoms with Gasteiger partial charge in [0.25, 0.3) is 5.91 Å². The number of hydrogen-bond acceptors (Lipinski definition) is 4. The molecule has 0 aliphatic carbocycles. The molecule has 0 aliphatic rings. The first kappa shape index (κ1) is 16.8. The van der Waals surface area contributed by atoms with Crippen LogP contribution in [0.2, 0.25) is 5.02 Å². The number of benzene rings is 2. The molecule has 0 saturated heterocycles. The van der Waals surface area contributed by atoms with Crippen LogP contribution in [-0.4, -0.2) is 18.0 Å². The van der Waals surface area contributed by atoms with Crippen molar-refractivity contribution in [1.29, 1.82) is 0 Å². The number of carbonyl (C=O) groups excluding carboxylic acids is 1. The van der Waals surface area contributed by atoms with Gasteiger partial charge < -0.3 is 15.4 Å². The monoisotopic (exact) mass is 353 g/mol. The number of anilines is 3. The second-order valence-electron chi connectivity index (χ2n) is 5.28. The molecule has 3 aromatic rings. The van der Waals surface area contributed by atoms with Crippen LogP contribution in [0.1, 0.15) is 10.4 Å². The zero-order valence-corrected chi connectivity index (χ0v) is 14.2. The lowest BCUT2D eigenvalue weighted by molar-refractivity contribution is 0.102. The van der Waals surface area contributed by atoms with E-state index in [9.17, 15) is 4.79 Å². The van der Waals surface area contributed by atoms with Crippen LogP contribution < -0.4 is 15.4 Å². The van der Waals surface area contributed by atoms with E-state index in [4.69, 9.17) is 16.3 Å². The standard InChI is InChI=1S/C19H16ClN3O2/c1-25-18-4-2-3-16(10-18)23-19(24)13-9-17(12-21-11-13)22-15-7-5-14(20)6-8-15/h2-12,22H,1H3,(H,23,24). The van der Waals surface area contributed by atoms with Crippen molar-refractivity contribution in [3.05, 3.63) is 77.6 Å². The molecule has 1 amide bonds. The molecule has 0 unspecified atom stereocenters. The average molecular weight is 354 g/mol. The van der Waals surface area contributed by atoms with Crippen molar-refractivity contribution < 1.29 is 9.53 Å². The van der Waals surface area contributed by atoms with Gasteiger partial charge in [-0.3, -0.25) is 9.78 Å². The van der Waals surface area contributed by atoms with E-state index in [0.29, 0.717) is 27.7 Å². The first-order valence-corrected chi connectivity index (χ1v) is 7.95. The molecule has 2 aromatic carbocycles. The van der Waals surface area contributed by atoms with Crippen LogP contribution >= 0.6 is 11.6 Å². The molecule has 0 saturated carbocycles. The molecule has 0 spiro atoms. The highest BCUT2D eigenvalue weighted by Crippen LogP contribution is 2.20. The molecule has 3 rings (SSSR count). The predicted octanol–water partition coefficient (Wildman–Crippen LogP) is 4.74. The smallest absolute Gasteiger partial charge is 0.257 e. The maximum Gasteiger partial charge on any atom is 0.257 e. The molecule has 25 heavy (non-hydrogen) atoms. The molecule has 0 radical (unpaired) electrons. The number of pyridine rings is 1. The normalized spacial score (nSPS) is 10.2. The summed E-state index contributed by atoms with van der Waals surface area (Å²) in [6, 6.07) is 16.2. The fourth-order valence-electron chi connectivity index (χ4n) is 2.24. The number of nitrogens with zero attached hydrogens (tertiary/aromatic N) is 1. The number of nitrogens with one attached hydrogen (secondary N) is 2. The quantitative estimate of drug-likeness (QED) is 0.695. The van der Waals surface area contributed by atoms with Gasteiger partial charge in [0, 0.05) is 28.7 Å². The average Bonchev–Trinajstić information content (AvgIpc) is 2.64. The number of amides is 1. The Balaban J connectivity index is 1.73. The SMILES string of the molecule is COc1cccc(NC(=O)c2cncc(Nc3ccc(Cl)cc3)c2)c1. The highest BCUT2D eigenvalue weighted by molar-refractivity contribution is 6.30. The third-order valence-corrected chi connectivity index (χ3v) is 3.71. The van der Waals surface area contributed by atoms with Gasteiger partial charge in [0.2, 0.25) is 0 Å². The van der Waals surface area contributed by atoms with E-state index in [0.717, 1.165) is 5.69 Å². The van der Waals surface area contributed by atoms with E-state index in [2.05, 4.69) is 15.6 Å². The molecule has 5 nitrogen and oxygen atoms in total. The van der Waals surface area contributed by atoms with Gasteiger partial charge >= 0.3 is 0 Å². The number of ether oxygens (including phenoxy) is 1. The summed E-state index contributed by atoms with van der Waals surface area (Å²) in [6.07, 6.45) is 3.17. The first-order valence-electron chi connectivity index (χ1n) is 7.57. The van der Waals surface area contributed by atoms with E-state index in [1.807, 2.05) is 24.3 Å². The van der Waals surface area contributed by atoms with Gasteiger partial charge in [-0.1, -0.05) is 17.7 Å². The summed E-state index contributed by atoms with van der Waals surface area (Å²) in [7, 11) is 1.58. The fraction of sp³-hybridized carbons (Fsp3) is 0.0526. The Hall–Kier alpha value is -3.05. The molecular formula is C19H16ClN3O2. The molecule has 1 aromatic heterocycles. The number of carbonyl (C=O) groups is 1. The Kier molecular flexibility index (Phi) is 5.16. The number of methoxy groups -OCH3 is 1. The summed E-state index contributed by atoms with van der Waals surface area (Å²) in [5, 5.41) is 6.68. The van der Waals surface area contributed by atoms with Gasteiger partial charge in [-0.2, -0.15) is 0 Å². The van der Waals surface area contributed by atoms with E-state index in [-0.39, 0.29) is 5.91 Å². The Labute approximate surface area is 150 Å². The molecule has 0 fully saturated rings. The molecule has 0 aliphatic heterocycles. The Bertz CT molecular complexity index is 882. The van der Waals surface area contributed by atoms with Gasteiger partial charge in [-0.25, -0.2) is 0 Å². The van der Waals surface area contributed by atoms with Crippen LogP contribution in [0.3, 0.4) is 0 Å². The Morgan fingerprint density at radius 3 is 2.56 bits per heavy atom. The van der Waals surface area contributed by atoms with Crippen molar-refractivity contribution in [3.8, 4) is 5.75 Å². The van der Waals surface area contributed by atoms with Crippen molar-refractivity contribution in [2.75, 3.05) is 17.7 Å².